The maximum absolute atomic E-state index is 13.4. The molecule has 1 atom stereocenters. The van der Waals surface area contributed by atoms with Crippen molar-refractivity contribution in [1.82, 2.24) is 5.32 Å². The minimum Gasteiger partial charge on any atom is -0.343 e. The summed E-state index contributed by atoms with van der Waals surface area (Å²) in [6, 6.07) is -0.613. The summed E-state index contributed by atoms with van der Waals surface area (Å²) in [6.45, 7) is 6.94. The van der Waals surface area contributed by atoms with E-state index in [1.165, 1.54) is 6.92 Å². The third kappa shape index (κ3) is 2.76. The number of rotatable bonds is 3. The van der Waals surface area contributed by atoms with Crippen LogP contribution < -0.4 is 5.32 Å². The number of nitrogens with one attached hydrogen (secondary N) is 1. The number of alkyl halides is 1. The highest BCUT2D eigenvalue weighted by Crippen LogP contribution is 2.40. The summed E-state index contributed by atoms with van der Waals surface area (Å²) < 4.78 is 13.4. The molecule has 0 saturated heterocycles. The average molecular weight is 215 g/mol. The zero-order valence-electron chi connectivity index (χ0n) is 9.69. The normalized spacial score (nSPS) is 20.6. The van der Waals surface area contributed by atoms with Crippen molar-refractivity contribution in [2.45, 2.75) is 52.2 Å². The summed E-state index contributed by atoms with van der Waals surface area (Å²) in [4.78, 5) is 22.8. The predicted molar refractivity (Wildman–Crippen MR) is 55.1 cm³/mol. The highest BCUT2D eigenvalue weighted by Gasteiger charge is 2.52. The van der Waals surface area contributed by atoms with E-state index >= 15 is 0 Å². The molecule has 1 amide bonds. The van der Waals surface area contributed by atoms with Gasteiger partial charge in [-0.1, -0.05) is 20.8 Å². The molecule has 0 radical (unpaired) electrons. The van der Waals surface area contributed by atoms with Gasteiger partial charge in [-0.05, 0) is 25.2 Å². The van der Waals surface area contributed by atoms with E-state index in [1.807, 2.05) is 20.8 Å². The van der Waals surface area contributed by atoms with Crippen molar-refractivity contribution < 1.29 is 14.0 Å². The fourth-order valence-electron chi connectivity index (χ4n) is 1.53. The van der Waals surface area contributed by atoms with Gasteiger partial charge in [0.05, 0.1) is 6.04 Å². The van der Waals surface area contributed by atoms with Gasteiger partial charge in [-0.2, -0.15) is 0 Å². The van der Waals surface area contributed by atoms with Crippen LogP contribution in [-0.2, 0) is 9.59 Å². The molecule has 86 valence electrons. The number of halogens is 1. The molecule has 0 aromatic heterocycles. The van der Waals surface area contributed by atoms with Crippen LogP contribution in [0.25, 0.3) is 0 Å². The van der Waals surface area contributed by atoms with Crippen molar-refractivity contribution >= 4 is 11.7 Å². The smallest absolute Gasteiger partial charge is 0.258 e. The molecular formula is C11H18FNO2. The third-order valence-electron chi connectivity index (χ3n) is 2.64. The van der Waals surface area contributed by atoms with E-state index in [4.69, 9.17) is 0 Å². The Morgan fingerprint density at radius 2 is 1.80 bits per heavy atom. The molecule has 0 bridgehead atoms. The van der Waals surface area contributed by atoms with Crippen LogP contribution in [0.1, 0.15) is 40.5 Å². The van der Waals surface area contributed by atoms with Gasteiger partial charge in [0.15, 0.2) is 11.5 Å². The van der Waals surface area contributed by atoms with Crippen molar-refractivity contribution in [1.29, 1.82) is 0 Å². The van der Waals surface area contributed by atoms with Crippen LogP contribution in [0.5, 0.6) is 0 Å². The van der Waals surface area contributed by atoms with Crippen molar-refractivity contribution in [2.75, 3.05) is 0 Å². The highest BCUT2D eigenvalue weighted by molar-refractivity contribution is 5.93. The molecule has 0 aliphatic heterocycles. The Bertz CT molecular complexity index is 289. The van der Waals surface area contributed by atoms with E-state index in [0.717, 1.165) is 0 Å². The van der Waals surface area contributed by atoms with Crippen LogP contribution in [0, 0.1) is 5.41 Å². The second kappa shape index (κ2) is 3.58. The molecule has 4 heteroatoms. The quantitative estimate of drug-likeness (QED) is 0.777. The van der Waals surface area contributed by atoms with E-state index in [0.29, 0.717) is 0 Å². The topological polar surface area (TPSA) is 46.2 Å². The van der Waals surface area contributed by atoms with E-state index in [9.17, 15) is 14.0 Å². The van der Waals surface area contributed by atoms with Crippen LogP contribution in [0.3, 0.4) is 0 Å². The predicted octanol–water partition coefficient (Wildman–Crippen LogP) is 1.61. The summed E-state index contributed by atoms with van der Waals surface area (Å²) in [5.74, 6) is -0.780. The molecule has 0 aromatic rings. The molecule has 0 unspecified atom stereocenters. The second-order valence-electron chi connectivity index (χ2n) is 5.35. The molecule has 1 N–H and O–H groups in total. The number of hydrogen-bond donors (Lipinski definition) is 1. The molecule has 0 spiro atoms. The Morgan fingerprint density at radius 3 is 2.07 bits per heavy atom. The number of amides is 1. The van der Waals surface area contributed by atoms with E-state index < -0.39 is 17.6 Å². The first-order chi connectivity index (χ1) is 6.67. The first-order valence-electron chi connectivity index (χ1n) is 5.17. The Morgan fingerprint density at radius 1 is 1.33 bits per heavy atom. The van der Waals surface area contributed by atoms with Gasteiger partial charge in [0.2, 0.25) is 0 Å². The Kier molecular flexibility index (Phi) is 2.90. The minimum absolute atomic E-state index is 0.139. The second-order valence-corrected chi connectivity index (χ2v) is 5.35. The molecule has 1 rings (SSSR count). The number of ketones is 1. The van der Waals surface area contributed by atoms with Gasteiger partial charge in [0.25, 0.3) is 5.91 Å². The van der Waals surface area contributed by atoms with E-state index in [2.05, 4.69) is 5.32 Å². The van der Waals surface area contributed by atoms with Crippen molar-refractivity contribution in [2.24, 2.45) is 5.41 Å². The van der Waals surface area contributed by atoms with Gasteiger partial charge in [0, 0.05) is 0 Å². The minimum atomic E-state index is -1.71. The molecule has 15 heavy (non-hydrogen) atoms. The lowest BCUT2D eigenvalue weighted by molar-refractivity contribution is -0.133. The molecule has 1 fully saturated rings. The molecule has 3 nitrogen and oxygen atoms in total. The fraction of sp³-hybridized carbons (Fsp3) is 0.818. The Hall–Kier alpha value is -0.930. The first-order valence-corrected chi connectivity index (χ1v) is 5.17. The zero-order valence-corrected chi connectivity index (χ0v) is 9.69. The number of carbonyl (C=O) groups excluding carboxylic acids is 2. The van der Waals surface area contributed by atoms with Crippen molar-refractivity contribution in [3.05, 3.63) is 0 Å². The van der Waals surface area contributed by atoms with E-state index in [1.54, 1.807) is 0 Å². The molecule has 1 aliphatic rings. The lowest BCUT2D eigenvalue weighted by Crippen LogP contribution is -2.51. The largest absolute Gasteiger partial charge is 0.343 e. The summed E-state index contributed by atoms with van der Waals surface area (Å²) in [6.07, 6.45) is 0.543. The number of Topliss-reactive ketones (excluding diaryl/α,β-unsaturated/α-hetero) is 1. The zero-order chi connectivity index (χ0) is 11.9. The molecular weight excluding hydrogens is 197 g/mol. The Balaban J connectivity index is 2.68. The number of hydrogen-bond acceptors (Lipinski definition) is 2. The molecule has 1 aliphatic carbocycles. The summed E-state index contributed by atoms with van der Waals surface area (Å²) in [5, 5.41) is 2.50. The van der Waals surface area contributed by atoms with Crippen LogP contribution >= 0.6 is 0 Å². The standard InChI is InChI=1S/C11H18FNO2/c1-7(14)8(10(2,3)4)13-9(15)11(12)5-6-11/h8H,5-6H2,1-4H3,(H,13,15)/t8-/m1/s1. The maximum atomic E-state index is 13.4. The summed E-state index contributed by atoms with van der Waals surface area (Å²) >= 11 is 0. The Labute approximate surface area is 89.4 Å². The van der Waals surface area contributed by atoms with Crippen LogP contribution in [0.4, 0.5) is 4.39 Å². The van der Waals surface area contributed by atoms with Gasteiger partial charge in [-0.3, -0.25) is 9.59 Å². The molecule has 1 saturated carbocycles. The average Bonchev–Trinajstić information content (AvgIpc) is 2.77. The van der Waals surface area contributed by atoms with Gasteiger partial charge >= 0.3 is 0 Å². The lowest BCUT2D eigenvalue weighted by Gasteiger charge is -2.29. The van der Waals surface area contributed by atoms with Gasteiger partial charge in [0.1, 0.15) is 0 Å². The maximum Gasteiger partial charge on any atom is 0.258 e. The monoisotopic (exact) mass is 215 g/mol. The van der Waals surface area contributed by atoms with Crippen LogP contribution in [-0.4, -0.2) is 23.4 Å². The summed E-state index contributed by atoms with van der Waals surface area (Å²) in [5.41, 5.74) is -2.09. The first kappa shape index (κ1) is 12.1. The van der Waals surface area contributed by atoms with Gasteiger partial charge in [-0.15, -0.1) is 0 Å². The van der Waals surface area contributed by atoms with Crippen LogP contribution in [0.15, 0.2) is 0 Å². The van der Waals surface area contributed by atoms with E-state index in [-0.39, 0.29) is 24.0 Å². The highest BCUT2D eigenvalue weighted by atomic mass is 19.1. The van der Waals surface area contributed by atoms with Crippen LogP contribution in [0.2, 0.25) is 0 Å². The third-order valence-corrected chi connectivity index (χ3v) is 2.64. The fourth-order valence-corrected chi connectivity index (χ4v) is 1.53. The van der Waals surface area contributed by atoms with Crippen molar-refractivity contribution in [3.63, 3.8) is 0 Å². The molecule has 0 heterocycles. The molecule has 0 aromatic carbocycles. The lowest BCUT2D eigenvalue weighted by atomic mass is 9.84. The number of carbonyl (C=O) groups is 2. The SMILES string of the molecule is CC(=O)[C@@H](NC(=O)C1(F)CC1)C(C)(C)C. The summed E-state index contributed by atoms with van der Waals surface area (Å²) in [7, 11) is 0. The van der Waals surface area contributed by atoms with Gasteiger partial charge < -0.3 is 5.32 Å². The van der Waals surface area contributed by atoms with Gasteiger partial charge in [-0.25, -0.2) is 4.39 Å². The van der Waals surface area contributed by atoms with Crippen molar-refractivity contribution in [3.8, 4) is 0 Å².